The molecule has 3 aromatic rings. The summed E-state index contributed by atoms with van der Waals surface area (Å²) in [7, 11) is 1.67. The number of methoxy groups -OCH3 is 1. The first-order valence-corrected chi connectivity index (χ1v) is 10.7. The summed E-state index contributed by atoms with van der Waals surface area (Å²) < 4.78 is 13.0. The van der Waals surface area contributed by atoms with Crippen LogP contribution < -0.4 is 10.1 Å². The number of rotatable bonds is 6. The van der Waals surface area contributed by atoms with Crippen LogP contribution in [0.25, 0.3) is 16.9 Å². The Kier molecular flexibility index (Phi) is 6.14. The van der Waals surface area contributed by atoms with E-state index in [1.807, 2.05) is 53.2 Å². The predicted molar refractivity (Wildman–Crippen MR) is 120 cm³/mol. The fourth-order valence-electron chi connectivity index (χ4n) is 3.95. The average molecular weight is 426 g/mol. The maximum Gasteiger partial charge on any atom is 0.119 e. The SMILES string of the molecule is COc1ccc(-n2cc(CN[C@@H]3CCOC(C)(C)C3)c(-c3ccccc3Cl)n2)cc1. The van der Waals surface area contributed by atoms with Gasteiger partial charge in [-0.05, 0) is 57.0 Å². The average Bonchev–Trinajstić information content (AvgIpc) is 3.16. The van der Waals surface area contributed by atoms with Gasteiger partial charge in [0.15, 0.2) is 0 Å². The predicted octanol–water partition coefficient (Wildman–Crippen LogP) is 5.25. The van der Waals surface area contributed by atoms with Crippen LogP contribution in [0.3, 0.4) is 0 Å². The summed E-state index contributed by atoms with van der Waals surface area (Å²) in [6, 6.07) is 16.1. The van der Waals surface area contributed by atoms with E-state index in [1.165, 1.54) is 0 Å². The maximum atomic E-state index is 6.51. The summed E-state index contributed by atoms with van der Waals surface area (Å²) in [6.45, 7) is 5.81. The molecule has 4 rings (SSSR count). The second kappa shape index (κ2) is 8.80. The monoisotopic (exact) mass is 425 g/mol. The highest BCUT2D eigenvalue weighted by Crippen LogP contribution is 2.31. The van der Waals surface area contributed by atoms with Crippen molar-refractivity contribution in [1.82, 2.24) is 15.1 Å². The summed E-state index contributed by atoms with van der Waals surface area (Å²) in [4.78, 5) is 0. The molecule has 0 saturated carbocycles. The molecule has 6 heteroatoms. The zero-order valence-corrected chi connectivity index (χ0v) is 18.4. The van der Waals surface area contributed by atoms with E-state index in [9.17, 15) is 0 Å². The van der Waals surface area contributed by atoms with Gasteiger partial charge in [0.05, 0.1) is 29.1 Å². The quantitative estimate of drug-likeness (QED) is 0.586. The molecule has 158 valence electrons. The van der Waals surface area contributed by atoms with Gasteiger partial charge in [-0.25, -0.2) is 4.68 Å². The van der Waals surface area contributed by atoms with Gasteiger partial charge in [0, 0.05) is 36.5 Å². The number of ether oxygens (including phenoxy) is 2. The molecule has 2 aromatic carbocycles. The lowest BCUT2D eigenvalue weighted by Crippen LogP contribution is -2.43. The summed E-state index contributed by atoms with van der Waals surface area (Å²) >= 11 is 6.51. The maximum absolute atomic E-state index is 6.51. The normalized spacial score (nSPS) is 18.3. The molecule has 1 atom stereocenters. The van der Waals surface area contributed by atoms with Crippen LogP contribution in [-0.2, 0) is 11.3 Å². The van der Waals surface area contributed by atoms with Crippen molar-refractivity contribution >= 4 is 11.6 Å². The van der Waals surface area contributed by atoms with E-state index in [2.05, 4.69) is 25.4 Å². The number of hydrogen-bond donors (Lipinski definition) is 1. The molecule has 0 spiro atoms. The Morgan fingerprint density at radius 2 is 1.97 bits per heavy atom. The van der Waals surface area contributed by atoms with Crippen molar-refractivity contribution < 1.29 is 9.47 Å². The smallest absolute Gasteiger partial charge is 0.119 e. The van der Waals surface area contributed by atoms with Gasteiger partial charge in [0.1, 0.15) is 5.75 Å². The van der Waals surface area contributed by atoms with Gasteiger partial charge >= 0.3 is 0 Å². The second-order valence-electron chi connectivity index (χ2n) is 8.30. The van der Waals surface area contributed by atoms with Crippen LogP contribution in [0.4, 0.5) is 0 Å². The van der Waals surface area contributed by atoms with Crippen molar-refractivity contribution in [2.24, 2.45) is 0 Å². The summed E-state index contributed by atoms with van der Waals surface area (Å²) in [5.74, 6) is 0.821. The van der Waals surface area contributed by atoms with Crippen LogP contribution >= 0.6 is 11.6 Å². The molecular weight excluding hydrogens is 398 g/mol. The number of nitrogens with zero attached hydrogens (tertiary/aromatic N) is 2. The summed E-state index contributed by atoms with van der Waals surface area (Å²) in [5.41, 5.74) is 3.84. The number of benzene rings is 2. The first-order valence-electron chi connectivity index (χ1n) is 10.3. The minimum absolute atomic E-state index is 0.0885. The molecule has 1 saturated heterocycles. The van der Waals surface area contributed by atoms with E-state index in [-0.39, 0.29) is 5.60 Å². The van der Waals surface area contributed by atoms with E-state index < -0.39 is 0 Å². The van der Waals surface area contributed by atoms with Gasteiger partial charge in [-0.1, -0.05) is 29.8 Å². The van der Waals surface area contributed by atoms with E-state index in [0.29, 0.717) is 11.1 Å². The minimum atomic E-state index is -0.0885. The third-order valence-electron chi connectivity index (χ3n) is 5.53. The zero-order valence-electron chi connectivity index (χ0n) is 17.7. The topological polar surface area (TPSA) is 48.3 Å². The molecule has 0 bridgehead atoms. The fraction of sp³-hybridized carbons (Fsp3) is 0.375. The van der Waals surface area contributed by atoms with Crippen LogP contribution in [0.2, 0.25) is 5.02 Å². The van der Waals surface area contributed by atoms with Crippen molar-refractivity contribution in [2.75, 3.05) is 13.7 Å². The van der Waals surface area contributed by atoms with Crippen LogP contribution in [0, 0.1) is 0 Å². The summed E-state index contributed by atoms with van der Waals surface area (Å²) in [6.07, 6.45) is 4.08. The number of hydrogen-bond acceptors (Lipinski definition) is 4. The summed E-state index contributed by atoms with van der Waals surface area (Å²) in [5, 5.41) is 9.30. The molecule has 1 aromatic heterocycles. The minimum Gasteiger partial charge on any atom is -0.497 e. The molecule has 1 aliphatic heterocycles. The van der Waals surface area contributed by atoms with Gasteiger partial charge in [-0.15, -0.1) is 0 Å². The molecule has 1 N–H and O–H groups in total. The lowest BCUT2D eigenvalue weighted by molar-refractivity contribution is -0.0630. The van der Waals surface area contributed by atoms with Crippen LogP contribution in [0.15, 0.2) is 54.7 Å². The Labute approximate surface area is 183 Å². The van der Waals surface area contributed by atoms with Gasteiger partial charge in [-0.2, -0.15) is 5.10 Å². The molecule has 1 aliphatic rings. The molecule has 5 nitrogen and oxygen atoms in total. The fourth-order valence-corrected chi connectivity index (χ4v) is 4.17. The third-order valence-corrected chi connectivity index (χ3v) is 5.86. The van der Waals surface area contributed by atoms with Crippen molar-refractivity contribution in [3.8, 4) is 22.7 Å². The van der Waals surface area contributed by atoms with Crippen molar-refractivity contribution in [3.05, 3.63) is 65.3 Å². The van der Waals surface area contributed by atoms with Crippen molar-refractivity contribution in [3.63, 3.8) is 0 Å². The lowest BCUT2D eigenvalue weighted by Gasteiger charge is -2.36. The highest BCUT2D eigenvalue weighted by atomic mass is 35.5. The Balaban J connectivity index is 1.63. The first kappa shape index (κ1) is 20.9. The highest BCUT2D eigenvalue weighted by Gasteiger charge is 2.28. The Hall–Kier alpha value is -2.34. The zero-order chi connectivity index (χ0) is 21.1. The lowest BCUT2D eigenvalue weighted by atomic mass is 9.94. The molecule has 0 aliphatic carbocycles. The second-order valence-corrected chi connectivity index (χ2v) is 8.71. The third kappa shape index (κ3) is 4.69. The highest BCUT2D eigenvalue weighted by molar-refractivity contribution is 6.33. The largest absolute Gasteiger partial charge is 0.497 e. The molecule has 0 amide bonds. The van der Waals surface area contributed by atoms with Gasteiger partial charge in [0.2, 0.25) is 0 Å². The molecule has 0 unspecified atom stereocenters. The van der Waals surface area contributed by atoms with Crippen LogP contribution in [0.5, 0.6) is 5.75 Å². The molecule has 0 radical (unpaired) electrons. The van der Waals surface area contributed by atoms with Crippen LogP contribution in [-0.4, -0.2) is 35.1 Å². The van der Waals surface area contributed by atoms with Gasteiger partial charge < -0.3 is 14.8 Å². The van der Waals surface area contributed by atoms with Gasteiger partial charge in [-0.3, -0.25) is 0 Å². The van der Waals surface area contributed by atoms with Crippen LogP contribution in [0.1, 0.15) is 32.3 Å². The van der Waals surface area contributed by atoms with E-state index in [1.54, 1.807) is 7.11 Å². The Morgan fingerprint density at radius 1 is 1.20 bits per heavy atom. The Morgan fingerprint density at radius 3 is 2.67 bits per heavy atom. The molecule has 30 heavy (non-hydrogen) atoms. The molecular formula is C24H28ClN3O2. The number of halogens is 1. The van der Waals surface area contributed by atoms with Gasteiger partial charge in [0.25, 0.3) is 0 Å². The molecule has 2 heterocycles. The first-order chi connectivity index (χ1) is 14.4. The van der Waals surface area contributed by atoms with E-state index >= 15 is 0 Å². The van der Waals surface area contributed by atoms with E-state index in [4.69, 9.17) is 26.2 Å². The number of aromatic nitrogens is 2. The van der Waals surface area contributed by atoms with Crippen molar-refractivity contribution in [2.45, 2.75) is 44.9 Å². The van der Waals surface area contributed by atoms with Crippen molar-refractivity contribution in [1.29, 1.82) is 0 Å². The number of nitrogens with one attached hydrogen (secondary N) is 1. The Bertz CT molecular complexity index is 998. The van der Waals surface area contributed by atoms with E-state index in [0.717, 1.165) is 54.3 Å². The standard InChI is InChI=1S/C24H28ClN3O2/c1-24(2)14-18(12-13-30-24)26-15-17-16-28(19-8-10-20(29-3)11-9-19)27-23(17)21-6-4-5-7-22(21)25/h4-11,16,18,26H,12-15H2,1-3H3/t18-/m1/s1. The molecule has 1 fully saturated rings.